The van der Waals surface area contributed by atoms with E-state index in [1.165, 1.54) is 0 Å². The van der Waals surface area contributed by atoms with E-state index in [9.17, 15) is 22.4 Å². The van der Waals surface area contributed by atoms with Crippen molar-refractivity contribution in [3.05, 3.63) is 68.7 Å². The first kappa shape index (κ1) is 19.2. The van der Waals surface area contributed by atoms with E-state index in [1.807, 2.05) is 0 Å². The van der Waals surface area contributed by atoms with Crippen molar-refractivity contribution in [3.63, 3.8) is 0 Å². The Morgan fingerprint density at radius 3 is 1.87 bits per heavy atom. The molecule has 0 unspecified atom stereocenters. The number of carboxylic acid groups (broad SMARTS) is 1. The molecule has 0 aliphatic heterocycles. The van der Waals surface area contributed by atoms with Gasteiger partial charge >= 0.3 is 5.97 Å². The van der Waals surface area contributed by atoms with Gasteiger partial charge in [-0.15, -0.1) is 0 Å². The van der Waals surface area contributed by atoms with Gasteiger partial charge in [0.1, 0.15) is 27.5 Å². The Morgan fingerprint density at radius 2 is 1.39 bits per heavy atom. The van der Waals surface area contributed by atoms with E-state index in [-0.39, 0.29) is 5.56 Å². The molecule has 0 heterocycles. The summed E-state index contributed by atoms with van der Waals surface area (Å²) in [5, 5.41) is 15.5. The van der Waals surface area contributed by atoms with Crippen molar-refractivity contribution in [3.8, 4) is 0 Å². The molecule has 2 aromatic rings. The summed E-state index contributed by atoms with van der Waals surface area (Å²) in [5.74, 6) is -5.41. The SMILES string of the molecule is O=C(O)c1ccc(F)c(Cl)c1F.OCc1ccc(F)c(Cl)c1F. The molecule has 0 aliphatic rings. The van der Waals surface area contributed by atoms with E-state index in [4.69, 9.17) is 33.4 Å². The Kier molecular flexibility index (Phi) is 6.80. The summed E-state index contributed by atoms with van der Waals surface area (Å²) in [6.07, 6.45) is 0. The highest BCUT2D eigenvalue weighted by atomic mass is 35.5. The van der Waals surface area contributed by atoms with Crippen LogP contribution in [0, 0.1) is 23.3 Å². The molecule has 9 heteroatoms. The lowest BCUT2D eigenvalue weighted by atomic mass is 10.2. The summed E-state index contributed by atoms with van der Waals surface area (Å²) in [4.78, 5) is 10.3. The number of rotatable bonds is 2. The van der Waals surface area contributed by atoms with Gasteiger partial charge in [0.25, 0.3) is 0 Å². The third-order valence-corrected chi connectivity index (χ3v) is 3.24. The van der Waals surface area contributed by atoms with Crippen LogP contribution in [0.5, 0.6) is 0 Å². The molecule has 0 saturated carbocycles. The molecule has 0 amide bonds. The van der Waals surface area contributed by atoms with E-state index in [2.05, 4.69) is 0 Å². The number of aromatic carboxylic acids is 1. The Labute approximate surface area is 137 Å². The molecule has 2 N–H and O–H groups in total. The second-order valence-corrected chi connectivity index (χ2v) is 4.78. The molecule has 3 nitrogen and oxygen atoms in total. The number of hydrogen-bond donors (Lipinski definition) is 2. The molecule has 23 heavy (non-hydrogen) atoms. The molecule has 0 fully saturated rings. The molecule has 0 atom stereocenters. The third-order valence-electron chi connectivity index (χ3n) is 2.55. The first-order valence-corrected chi connectivity index (χ1v) is 6.56. The van der Waals surface area contributed by atoms with Crippen LogP contribution in [-0.4, -0.2) is 16.2 Å². The summed E-state index contributed by atoms with van der Waals surface area (Å²) in [7, 11) is 0. The quantitative estimate of drug-likeness (QED) is 0.607. The first-order chi connectivity index (χ1) is 10.7. The van der Waals surface area contributed by atoms with E-state index in [0.29, 0.717) is 0 Å². The number of carbonyl (C=O) groups is 1. The second kappa shape index (κ2) is 8.14. The lowest BCUT2D eigenvalue weighted by Gasteiger charge is -2.00. The molecule has 2 rings (SSSR count). The van der Waals surface area contributed by atoms with Crippen LogP contribution >= 0.6 is 23.2 Å². The topological polar surface area (TPSA) is 57.5 Å². The minimum absolute atomic E-state index is 0.00333. The predicted octanol–water partition coefficient (Wildman–Crippen LogP) is 4.43. The van der Waals surface area contributed by atoms with Crippen LogP contribution in [-0.2, 0) is 6.61 Å². The van der Waals surface area contributed by atoms with Crippen molar-refractivity contribution < 1.29 is 32.6 Å². The van der Waals surface area contributed by atoms with Gasteiger partial charge in [0.2, 0.25) is 0 Å². The molecule has 0 aliphatic carbocycles. The monoisotopic (exact) mass is 370 g/mol. The fourth-order valence-corrected chi connectivity index (χ4v) is 1.73. The van der Waals surface area contributed by atoms with E-state index in [0.717, 1.165) is 24.3 Å². The van der Waals surface area contributed by atoms with E-state index in [1.54, 1.807) is 0 Å². The highest BCUT2D eigenvalue weighted by molar-refractivity contribution is 6.31. The van der Waals surface area contributed by atoms with Crippen molar-refractivity contribution >= 4 is 29.2 Å². The van der Waals surface area contributed by atoms with Crippen LogP contribution in [0.2, 0.25) is 10.0 Å². The average Bonchev–Trinajstić information content (AvgIpc) is 2.51. The van der Waals surface area contributed by atoms with Gasteiger partial charge in [-0.1, -0.05) is 29.3 Å². The molecule has 0 spiro atoms. The second-order valence-electron chi connectivity index (χ2n) is 4.02. The fraction of sp³-hybridized carbons (Fsp3) is 0.0714. The lowest BCUT2D eigenvalue weighted by Crippen LogP contribution is -2.01. The van der Waals surface area contributed by atoms with Crippen molar-refractivity contribution in [2.45, 2.75) is 6.61 Å². The Hall–Kier alpha value is -1.83. The van der Waals surface area contributed by atoms with Crippen LogP contribution < -0.4 is 0 Å². The third kappa shape index (κ3) is 4.57. The molecule has 0 saturated heterocycles. The average molecular weight is 371 g/mol. The van der Waals surface area contributed by atoms with E-state index < -0.39 is 51.5 Å². The van der Waals surface area contributed by atoms with Crippen molar-refractivity contribution in [1.82, 2.24) is 0 Å². The van der Waals surface area contributed by atoms with E-state index >= 15 is 0 Å². The summed E-state index contributed by atoms with van der Waals surface area (Å²) >= 11 is 10.3. The van der Waals surface area contributed by atoms with Crippen LogP contribution in [0.1, 0.15) is 15.9 Å². The number of aliphatic hydroxyl groups is 1. The Balaban J connectivity index is 0.000000231. The Morgan fingerprint density at radius 1 is 0.913 bits per heavy atom. The molecular weight excluding hydrogens is 363 g/mol. The van der Waals surface area contributed by atoms with Crippen LogP contribution in [0.3, 0.4) is 0 Å². The van der Waals surface area contributed by atoms with Crippen LogP contribution in [0.25, 0.3) is 0 Å². The standard InChI is InChI=1S/C7H3ClF2O2.C7H5ClF2O/c8-5-4(9)2-1-3(6(5)10)7(11)12;8-6-5(9)2-1-4(3-11)7(6)10/h1-2H,(H,11,12);1-2,11H,3H2. The van der Waals surface area contributed by atoms with Gasteiger partial charge < -0.3 is 10.2 Å². The number of halogens is 6. The highest BCUT2D eigenvalue weighted by Gasteiger charge is 2.16. The highest BCUT2D eigenvalue weighted by Crippen LogP contribution is 2.22. The lowest BCUT2D eigenvalue weighted by molar-refractivity contribution is 0.0692. The summed E-state index contributed by atoms with van der Waals surface area (Å²) in [6, 6.07) is 3.78. The van der Waals surface area contributed by atoms with Crippen LogP contribution in [0.4, 0.5) is 17.6 Å². The molecule has 0 aromatic heterocycles. The number of aliphatic hydroxyl groups excluding tert-OH is 1. The minimum atomic E-state index is -1.48. The summed E-state index contributed by atoms with van der Waals surface area (Å²) in [5.41, 5.74) is -0.641. The zero-order valence-electron chi connectivity index (χ0n) is 11.1. The molecule has 0 radical (unpaired) electrons. The molecule has 2 aromatic carbocycles. The fourth-order valence-electron chi connectivity index (χ4n) is 1.38. The molecular formula is C14H8Cl2F4O3. The van der Waals surface area contributed by atoms with Gasteiger partial charge in [0.15, 0.2) is 5.82 Å². The number of benzene rings is 2. The van der Waals surface area contributed by atoms with Crippen molar-refractivity contribution in [2.24, 2.45) is 0 Å². The summed E-state index contributed by atoms with van der Waals surface area (Å²) in [6.45, 7) is -0.480. The number of hydrogen-bond acceptors (Lipinski definition) is 2. The molecule has 124 valence electrons. The number of carboxylic acids is 1. The minimum Gasteiger partial charge on any atom is -0.478 e. The van der Waals surface area contributed by atoms with Crippen molar-refractivity contribution in [2.75, 3.05) is 0 Å². The predicted molar refractivity (Wildman–Crippen MR) is 75.6 cm³/mol. The zero-order chi connectivity index (χ0) is 17.7. The van der Waals surface area contributed by atoms with Gasteiger partial charge in [-0.3, -0.25) is 0 Å². The zero-order valence-corrected chi connectivity index (χ0v) is 12.6. The van der Waals surface area contributed by atoms with Gasteiger partial charge in [0.05, 0.1) is 12.2 Å². The van der Waals surface area contributed by atoms with Gasteiger partial charge in [0, 0.05) is 5.56 Å². The summed E-state index contributed by atoms with van der Waals surface area (Å²) < 4.78 is 50.4. The largest absolute Gasteiger partial charge is 0.478 e. The van der Waals surface area contributed by atoms with Gasteiger partial charge in [-0.25, -0.2) is 22.4 Å². The van der Waals surface area contributed by atoms with Crippen LogP contribution in [0.15, 0.2) is 24.3 Å². The smallest absolute Gasteiger partial charge is 0.338 e. The van der Waals surface area contributed by atoms with Gasteiger partial charge in [-0.2, -0.15) is 0 Å². The van der Waals surface area contributed by atoms with Crippen molar-refractivity contribution in [1.29, 1.82) is 0 Å². The maximum Gasteiger partial charge on any atom is 0.338 e. The normalized spacial score (nSPS) is 10.0. The maximum absolute atomic E-state index is 12.8. The Bertz CT molecular complexity index is 738. The van der Waals surface area contributed by atoms with Gasteiger partial charge in [-0.05, 0) is 18.2 Å². The molecule has 0 bridgehead atoms. The first-order valence-electron chi connectivity index (χ1n) is 5.80. The maximum atomic E-state index is 12.8.